The Balaban J connectivity index is 0. The number of hydrogen-bond donors (Lipinski definition) is 2. The van der Waals surface area contributed by atoms with Gasteiger partial charge in [0.05, 0.1) is 0 Å². The minimum atomic E-state index is -1.23. The Kier molecular flexibility index (Phi) is 7.81. The predicted octanol–water partition coefficient (Wildman–Crippen LogP) is -0.929. The Bertz CT molecular complexity index is 61.2. The van der Waals surface area contributed by atoms with Gasteiger partial charge in [0.2, 0.25) is 0 Å². The molecular weight excluding hydrogens is 172 g/mol. The summed E-state index contributed by atoms with van der Waals surface area (Å²) >= 11 is 0. The molecule has 0 aliphatic rings. The molecule has 1 atom stereocenters. The first-order valence-electron chi connectivity index (χ1n) is 1.55. The number of aliphatic carboxylic acids is 1. The van der Waals surface area contributed by atoms with Crippen molar-refractivity contribution in [2.24, 2.45) is 0 Å². The van der Waals surface area contributed by atoms with Crippen LogP contribution in [0.5, 0.6) is 0 Å². The summed E-state index contributed by atoms with van der Waals surface area (Å²) in [4.78, 5) is 9.45. The van der Waals surface area contributed by atoms with Gasteiger partial charge < -0.3 is 10.2 Å². The van der Waals surface area contributed by atoms with Crippen LogP contribution in [0.15, 0.2) is 0 Å². The summed E-state index contributed by atoms with van der Waals surface area (Å²) in [5, 5.41) is 15.8. The normalized spacial score (nSPS) is 11.7. The Morgan fingerprint density at radius 3 is 1.86 bits per heavy atom. The molecule has 0 saturated heterocycles. The average Bonchev–Trinajstić information content (AvgIpc) is 1.36. The predicted molar refractivity (Wildman–Crippen MR) is 25.1 cm³/mol. The van der Waals surface area contributed by atoms with E-state index in [9.17, 15) is 4.79 Å². The van der Waals surface area contributed by atoms with Crippen molar-refractivity contribution < 1.29 is 15.0 Å². The van der Waals surface area contributed by atoms with E-state index in [0.29, 0.717) is 0 Å². The second-order valence-electron chi connectivity index (χ2n) is 1.01. The fourth-order valence-electron chi connectivity index (χ4n) is 0. The minimum Gasteiger partial charge on any atom is -0.479 e. The van der Waals surface area contributed by atoms with E-state index in [1.165, 1.54) is 6.92 Å². The fraction of sp³-hybridized carbons (Fsp3) is 0.667. The van der Waals surface area contributed by atoms with Crippen molar-refractivity contribution in [3.8, 4) is 0 Å². The molecule has 0 amide bonds. The Labute approximate surface area is 78.6 Å². The van der Waals surface area contributed by atoms with Crippen molar-refractivity contribution in [2.75, 3.05) is 0 Å². The maximum Gasteiger partial charge on any atom is 2.00 e. The molecule has 0 aliphatic carbocycles. The fourth-order valence-corrected chi connectivity index (χ4v) is 0. The van der Waals surface area contributed by atoms with E-state index in [1.54, 1.807) is 0 Å². The van der Waals surface area contributed by atoms with Crippen LogP contribution in [-0.2, 0) is 4.79 Å². The smallest absolute Gasteiger partial charge is 0.479 e. The van der Waals surface area contributed by atoms with Crippen LogP contribution in [0.1, 0.15) is 6.92 Å². The van der Waals surface area contributed by atoms with Crippen molar-refractivity contribution in [1.29, 1.82) is 0 Å². The number of aliphatic hydroxyl groups excluding tert-OH is 1. The summed E-state index contributed by atoms with van der Waals surface area (Å²) < 4.78 is 0. The molecule has 0 spiro atoms. The number of carbonyl (C=O) groups is 1. The van der Waals surface area contributed by atoms with Crippen molar-refractivity contribution >= 4 is 51.5 Å². The van der Waals surface area contributed by atoms with Crippen LogP contribution in [0.3, 0.4) is 0 Å². The van der Waals surface area contributed by atoms with Crippen molar-refractivity contribution in [2.45, 2.75) is 13.0 Å². The summed E-state index contributed by atoms with van der Waals surface area (Å²) in [6, 6.07) is 0. The molecule has 36 valence electrons. The molecule has 0 bridgehead atoms. The van der Waals surface area contributed by atoms with E-state index in [0.717, 1.165) is 0 Å². The summed E-state index contributed by atoms with van der Waals surface area (Å²) in [7, 11) is 0. The van der Waals surface area contributed by atoms with E-state index in [1.807, 2.05) is 0 Å². The molecule has 0 fully saturated rings. The first kappa shape index (κ1) is 10.8. The Morgan fingerprint density at radius 2 is 1.86 bits per heavy atom. The van der Waals surface area contributed by atoms with Crippen LogP contribution < -0.4 is 0 Å². The van der Waals surface area contributed by atoms with Crippen molar-refractivity contribution in [3.63, 3.8) is 0 Å². The van der Waals surface area contributed by atoms with E-state index >= 15 is 0 Å². The van der Waals surface area contributed by atoms with Crippen LogP contribution >= 0.6 is 0 Å². The molecule has 0 aromatic heterocycles. The quantitative estimate of drug-likeness (QED) is 0.509. The maximum atomic E-state index is 9.45. The Morgan fingerprint density at radius 1 is 1.71 bits per heavy atom. The van der Waals surface area contributed by atoms with Crippen molar-refractivity contribution in [1.82, 2.24) is 0 Å². The molecule has 7 heavy (non-hydrogen) atoms. The van der Waals surface area contributed by atoms with Gasteiger partial charge in [-0.15, -0.1) is 0 Å². The van der Waals surface area contributed by atoms with Gasteiger partial charge in [0.1, 0.15) is 6.10 Å². The third-order valence-electron chi connectivity index (χ3n) is 0.357. The molecule has 0 radical (unpaired) electrons. The molecule has 3 nitrogen and oxygen atoms in total. The summed E-state index contributed by atoms with van der Waals surface area (Å²) in [6.07, 6.45) is -1.23. The standard InChI is InChI=1S/C3H6O3.Sr/c1-2(4)3(5)6;/h2,4H,1H3,(H,5,6);/q;+2. The zero-order valence-corrected chi connectivity index (χ0v) is 7.56. The number of rotatable bonds is 1. The van der Waals surface area contributed by atoms with Gasteiger partial charge in [0, 0.05) is 0 Å². The largest absolute Gasteiger partial charge is 2.00 e. The third-order valence-corrected chi connectivity index (χ3v) is 0.357. The summed E-state index contributed by atoms with van der Waals surface area (Å²) in [5.74, 6) is -1.19. The van der Waals surface area contributed by atoms with E-state index in [2.05, 4.69) is 0 Å². The zero-order valence-electron chi connectivity index (χ0n) is 4.09. The van der Waals surface area contributed by atoms with Gasteiger partial charge in [-0.25, -0.2) is 4.79 Å². The molecule has 2 N–H and O–H groups in total. The molecule has 4 heteroatoms. The number of hydrogen-bond acceptors (Lipinski definition) is 2. The molecule has 0 heterocycles. The summed E-state index contributed by atoms with van der Waals surface area (Å²) in [6.45, 7) is 1.20. The second kappa shape index (κ2) is 5.06. The molecule has 0 aromatic carbocycles. The Hall–Kier alpha value is 0.911. The monoisotopic (exact) mass is 178 g/mol. The van der Waals surface area contributed by atoms with Gasteiger partial charge in [0.15, 0.2) is 0 Å². The topological polar surface area (TPSA) is 57.5 Å². The number of carboxylic acids is 1. The van der Waals surface area contributed by atoms with E-state index < -0.39 is 12.1 Å². The van der Waals surface area contributed by atoms with Gasteiger partial charge in [-0.1, -0.05) is 0 Å². The van der Waals surface area contributed by atoms with Gasteiger partial charge in [0.25, 0.3) is 0 Å². The number of carboxylic acid groups (broad SMARTS) is 1. The van der Waals surface area contributed by atoms with Gasteiger partial charge in [-0.3, -0.25) is 0 Å². The van der Waals surface area contributed by atoms with Gasteiger partial charge in [-0.2, -0.15) is 0 Å². The van der Waals surface area contributed by atoms with Crippen LogP contribution in [0.2, 0.25) is 0 Å². The molecule has 0 saturated carbocycles. The van der Waals surface area contributed by atoms with Crippen LogP contribution in [0.25, 0.3) is 0 Å². The second-order valence-corrected chi connectivity index (χ2v) is 1.01. The molecule has 1 unspecified atom stereocenters. The SMILES string of the molecule is CC(O)C(=O)O.[Sr+2]. The summed E-state index contributed by atoms with van der Waals surface area (Å²) in [5.41, 5.74) is 0. The van der Waals surface area contributed by atoms with Crippen molar-refractivity contribution in [3.05, 3.63) is 0 Å². The molecule has 0 aliphatic heterocycles. The van der Waals surface area contributed by atoms with Gasteiger partial charge in [-0.05, 0) is 6.92 Å². The minimum absolute atomic E-state index is 0. The third kappa shape index (κ3) is 6.91. The molecule has 0 aromatic rings. The van der Waals surface area contributed by atoms with Gasteiger partial charge >= 0.3 is 51.5 Å². The molecular formula is C3H6O3Sr+2. The molecule has 0 rings (SSSR count). The van der Waals surface area contributed by atoms with Crippen LogP contribution in [-0.4, -0.2) is 67.8 Å². The first-order valence-corrected chi connectivity index (χ1v) is 1.55. The average molecular weight is 178 g/mol. The number of aliphatic hydroxyl groups is 1. The maximum absolute atomic E-state index is 9.45. The first-order chi connectivity index (χ1) is 2.64. The van der Waals surface area contributed by atoms with E-state index in [4.69, 9.17) is 10.2 Å². The zero-order chi connectivity index (χ0) is 5.15. The van der Waals surface area contributed by atoms with Crippen LogP contribution in [0, 0.1) is 0 Å². The van der Waals surface area contributed by atoms with E-state index in [-0.39, 0.29) is 45.5 Å². The van der Waals surface area contributed by atoms with Crippen LogP contribution in [0.4, 0.5) is 0 Å².